The number of aryl methyl sites for hydroxylation is 2. The summed E-state index contributed by atoms with van der Waals surface area (Å²) in [5.41, 5.74) is 3.36. The fourth-order valence-electron chi connectivity index (χ4n) is 3.18. The summed E-state index contributed by atoms with van der Waals surface area (Å²) in [6, 6.07) is 15.5. The molecule has 1 aliphatic carbocycles. The van der Waals surface area contributed by atoms with Crippen molar-refractivity contribution in [3.8, 4) is 5.75 Å². The van der Waals surface area contributed by atoms with Gasteiger partial charge in [0, 0.05) is 0 Å². The smallest absolute Gasteiger partial charge is 0.344 e. The van der Waals surface area contributed by atoms with E-state index < -0.39 is 5.97 Å². The number of nitrogens with one attached hydrogen (secondary N) is 1. The van der Waals surface area contributed by atoms with Gasteiger partial charge >= 0.3 is 5.97 Å². The highest BCUT2D eigenvalue weighted by atomic mass is 16.6. The summed E-state index contributed by atoms with van der Waals surface area (Å²) in [6.07, 6.45) is 2.97. The zero-order chi connectivity index (χ0) is 18.4. The van der Waals surface area contributed by atoms with Crippen molar-refractivity contribution in [2.45, 2.75) is 32.2 Å². The Kier molecular flexibility index (Phi) is 5.89. The summed E-state index contributed by atoms with van der Waals surface area (Å²) in [5, 5.41) is 2.96. The average Bonchev–Trinajstić information content (AvgIpc) is 2.66. The van der Waals surface area contributed by atoms with Gasteiger partial charge in [0.15, 0.2) is 13.2 Å². The number of esters is 1. The first-order valence-corrected chi connectivity index (χ1v) is 8.84. The molecule has 1 amide bonds. The number of benzene rings is 2. The van der Waals surface area contributed by atoms with Gasteiger partial charge in [0.25, 0.3) is 5.91 Å². The predicted octanol–water partition coefficient (Wildman–Crippen LogP) is 3.11. The Bertz CT molecular complexity index is 787. The van der Waals surface area contributed by atoms with Crippen LogP contribution in [0.5, 0.6) is 5.75 Å². The van der Waals surface area contributed by atoms with E-state index in [1.165, 1.54) is 5.56 Å². The zero-order valence-electron chi connectivity index (χ0n) is 14.9. The maximum atomic E-state index is 12.1. The molecule has 0 aromatic heterocycles. The molecule has 0 unspecified atom stereocenters. The molecule has 136 valence electrons. The molecule has 5 heteroatoms. The quantitative estimate of drug-likeness (QED) is 0.811. The fourth-order valence-corrected chi connectivity index (χ4v) is 3.18. The van der Waals surface area contributed by atoms with Gasteiger partial charge in [0.05, 0.1) is 6.04 Å². The van der Waals surface area contributed by atoms with Crippen LogP contribution in [0.15, 0.2) is 48.5 Å². The summed E-state index contributed by atoms with van der Waals surface area (Å²) in [7, 11) is 0. The van der Waals surface area contributed by atoms with Gasteiger partial charge < -0.3 is 14.8 Å². The first kappa shape index (κ1) is 18.0. The standard InChI is InChI=1S/C21H23NO4/c1-15-7-2-5-12-19(15)25-14-21(24)26-13-20(23)22-18-11-6-9-16-8-3-4-10-17(16)18/h2-5,7-8,10,12,18H,6,9,11,13-14H2,1H3,(H,22,23)/t18-/m1/s1. The number of para-hydroxylation sites is 1. The normalized spacial score (nSPS) is 15.7. The molecular weight excluding hydrogens is 330 g/mol. The highest BCUT2D eigenvalue weighted by Crippen LogP contribution is 2.29. The third kappa shape index (κ3) is 4.63. The molecule has 0 spiro atoms. The van der Waals surface area contributed by atoms with E-state index in [1.54, 1.807) is 6.07 Å². The molecule has 1 N–H and O–H groups in total. The van der Waals surface area contributed by atoms with E-state index in [0.717, 1.165) is 30.4 Å². The van der Waals surface area contributed by atoms with Gasteiger partial charge in [0.2, 0.25) is 0 Å². The van der Waals surface area contributed by atoms with Crippen LogP contribution < -0.4 is 10.1 Å². The second kappa shape index (κ2) is 8.52. The summed E-state index contributed by atoms with van der Waals surface area (Å²) < 4.78 is 10.4. The number of rotatable bonds is 6. The number of hydrogen-bond acceptors (Lipinski definition) is 4. The summed E-state index contributed by atoms with van der Waals surface area (Å²) >= 11 is 0. The molecule has 0 aliphatic heterocycles. The first-order valence-electron chi connectivity index (χ1n) is 8.84. The summed E-state index contributed by atoms with van der Waals surface area (Å²) in [6.45, 7) is 1.38. The molecule has 1 atom stereocenters. The highest BCUT2D eigenvalue weighted by molar-refractivity contribution is 5.81. The van der Waals surface area contributed by atoms with Crippen molar-refractivity contribution in [3.05, 3.63) is 65.2 Å². The predicted molar refractivity (Wildman–Crippen MR) is 97.9 cm³/mol. The average molecular weight is 353 g/mol. The maximum Gasteiger partial charge on any atom is 0.344 e. The Balaban J connectivity index is 1.44. The van der Waals surface area contributed by atoms with Crippen molar-refractivity contribution in [1.82, 2.24) is 5.32 Å². The van der Waals surface area contributed by atoms with Gasteiger partial charge in [-0.15, -0.1) is 0 Å². The second-order valence-electron chi connectivity index (χ2n) is 6.43. The lowest BCUT2D eigenvalue weighted by Gasteiger charge is -2.26. The molecule has 0 saturated carbocycles. The highest BCUT2D eigenvalue weighted by Gasteiger charge is 2.21. The van der Waals surface area contributed by atoms with Gasteiger partial charge in [-0.05, 0) is 48.9 Å². The maximum absolute atomic E-state index is 12.1. The number of hydrogen-bond donors (Lipinski definition) is 1. The first-order chi connectivity index (χ1) is 12.6. The Morgan fingerprint density at radius 1 is 1.08 bits per heavy atom. The third-order valence-electron chi connectivity index (χ3n) is 4.51. The number of carbonyl (C=O) groups is 2. The molecule has 0 radical (unpaired) electrons. The van der Waals surface area contributed by atoms with Crippen LogP contribution in [0.2, 0.25) is 0 Å². The van der Waals surface area contributed by atoms with E-state index in [0.29, 0.717) is 5.75 Å². The van der Waals surface area contributed by atoms with Gasteiger partial charge in [-0.2, -0.15) is 0 Å². The fraction of sp³-hybridized carbons (Fsp3) is 0.333. The van der Waals surface area contributed by atoms with E-state index in [2.05, 4.69) is 11.4 Å². The number of amides is 1. The Morgan fingerprint density at radius 2 is 1.85 bits per heavy atom. The van der Waals surface area contributed by atoms with E-state index in [1.807, 2.05) is 43.3 Å². The Labute approximate surface area is 153 Å². The van der Waals surface area contributed by atoms with Crippen LogP contribution in [0.1, 0.15) is 35.6 Å². The van der Waals surface area contributed by atoms with Gasteiger partial charge in [-0.3, -0.25) is 4.79 Å². The van der Waals surface area contributed by atoms with Crippen LogP contribution in [0, 0.1) is 6.92 Å². The molecule has 2 aromatic rings. The molecule has 1 aliphatic rings. The minimum absolute atomic E-state index is 0.0191. The van der Waals surface area contributed by atoms with Gasteiger partial charge in [0.1, 0.15) is 5.75 Å². The van der Waals surface area contributed by atoms with Crippen molar-refractivity contribution < 1.29 is 19.1 Å². The second-order valence-corrected chi connectivity index (χ2v) is 6.43. The number of carbonyl (C=O) groups excluding carboxylic acids is 2. The molecular formula is C21H23NO4. The summed E-state index contributed by atoms with van der Waals surface area (Å²) in [5.74, 6) is -0.226. The molecule has 0 saturated heterocycles. The topological polar surface area (TPSA) is 64.6 Å². The van der Waals surface area contributed by atoms with E-state index in [4.69, 9.17) is 9.47 Å². The molecule has 3 rings (SSSR count). The zero-order valence-corrected chi connectivity index (χ0v) is 14.9. The molecule has 26 heavy (non-hydrogen) atoms. The third-order valence-corrected chi connectivity index (χ3v) is 4.51. The van der Waals surface area contributed by atoms with Crippen molar-refractivity contribution >= 4 is 11.9 Å². The Hall–Kier alpha value is -2.82. The largest absolute Gasteiger partial charge is 0.482 e. The van der Waals surface area contributed by atoms with Gasteiger partial charge in [-0.25, -0.2) is 4.79 Å². The van der Waals surface area contributed by atoms with Crippen molar-refractivity contribution in [3.63, 3.8) is 0 Å². The van der Waals surface area contributed by atoms with Crippen LogP contribution >= 0.6 is 0 Å². The van der Waals surface area contributed by atoms with E-state index in [-0.39, 0.29) is 25.2 Å². The van der Waals surface area contributed by atoms with Crippen LogP contribution in [0.3, 0.4) is 0 Å². The van der Waals surface area contributed by atoms with Crippen molar-refractivity contribution in [2.75, 3.05) is 13.2 Å². The van der Waals surface area contributed by atoms with Crippen molar-refractivity contribution in [2.24, 2.45) is 0 Å². The molecule has 2 aromatic carbocycles. The molecule has 0 heterocycles. The minimum atomic E-state index is -0.563. The lowest BCUT2D eigenvalue weighted by molar-refractivity contribution is -0.150. The van der Waals surface area contributed by atoms with Crippen LogP contribution in [-0.4, -0.2) is 25.1 Å². The molecule has 0 bridgehead atoms. The van der Waals surface area contributed by atoms with Crippen LogP contribution in [0.25, 0.3) is 0 Å². The Morgan fingerprint density at radius 3 is 2.69 bits per heavy atom. The van der Waals surface area contributed by atoms with E-state index >= 15 is 0 Å². The molecule has 0 fully saturated rings. The monoisotopic (exact) mass is 353 g/mol. The SMILES string of the molecule is Cc1ccccc1OCC(=O)OCC(=O)N[C@@H]1CCCc2ccccc21. The number of ether oxygens (including phenoxy) is 2. The van der Waals surface area contributed by atoms with Crippen LogP contribution in [-0.2, 0) is 20.7 Å². The lowest BCUT2D eigenvalue weighted by atomic mass is 9.88. The summed E-state index contributed by atoms with van der Waals surface area (Å²) in [4.78, 5) is 23.9. The molecule has 5 nitrogen and oxygen atoms in total. The van der Waals surface area contributed by atoms with E-state index in [9.17, 15) is 9.59 Å². The number of fused-ring (bicyclic) bond motifs is 1. The van der Waals surface area contributed by atoms with Crippen molar-refractivity contribution in [1.29, 1.82) is 0 Å². The van der Waals surface area contributed by atoms with Crippen LogP contribution in [0.4, 0.5) is 0 Å². The van der Waals surface area contributed by atoms with Gasteiger partial charge in [-0.1, -0.05) is 42.5 Å². The lowest BCUT2D eigenvalue weighted by Crippen LogP contribution is -2.34. The minimum Gasteiger partial charge on any atom is -0.482 e.